The third-order valence-electron chi connectivity index (χ3n) is 3.70. The van der Waals surface area contributed by atoms with Crippen LogP contribution in [0.2, 0.25) is 0 Å². The average molecular weight is 221 g/mol. The van der Waals surface area contributed by atoms with Gasteiger partial charge in [0, 0.05) is 24.8 Å². The lowest BCUT2D eigenvalue weighted by molar-refractivity contribution is 0.455. The van der Waals surface area contributed by atoms with Gasteiger partial charge in [0.1, 0.15) is 0 Å². The second kappa shape index (κ2) is 5.48. The van der Waals surface area contributed by atoms with E-state index in [1.807, 2.05) is 17.9 Å². The van der Waals surface area contributed by atoms with Crippen molar-refractivity contribution in [2.75, 3.05) is 6.54 Å². The molecular weight excluding hydrogens is 198 g/mol. The minimum atomic E-state index is 0.426. The number of hydrogen-bond acceptors (Lipinski definition) is 2. The van der Waals surface area contributed by atoms with Crippen LogP contribution in [-0.2, 0) is 7.05 Å². The summed E-state index contributed by atoms with van der Waals surface area (Å²) in [7, 11) is 1.97. The Balaban J connectivity index is 1.69. The van der Waals surface area contributed by atoms with Crippen molar-refractivity contribution >= 4 is 0 Å². The van der Waals surface area contributed by atoms with Gasteiger partial charge in [-0.05, 0) is 25.8 Å². The van der Waals surface area contributed by atoms with Crippen molar-refractivity contribution in [3.63, 3.8) is 0 Å². The minimum Gasteiger partial charge on any atom is -0.310 e. The van der Waals surface area contributed by atoms with Crippen LogP contribution in [0.15, 0.2) is 12.4 Å². The molecule has 1 aromatic heterocycles. The summed E-state index contributed by atoms with van der Waals surface area (Å²) in [4.78, 5) is 0. The lowest BCUT2D eigenvalue weighted by Gasteiger charge is -2.14. The van der Waals surface area contributed by atoms with Crippen LogP contribution in [0.3, 0.4) is 0 Å². The van der Waals surface area contributed by atoms with Gasteiger partial charge < -0.3 is 5.32 Å². The molecule has 3 heteroatoms. The number of rotatable bonds is 5. The third kappa shape index (κ3) is 3.08. The van der Waals surface area contributed by atoms with Gasteiger partial charge >= 0.3 is 0 Å². The summed E-state index contributed by atoms with van der Waals surface area (Å²) in [6, 6.07) is 0.426. The fourth-order valence-corrected chi connectivity index (χ4v) is 2.58. The predicted molar refractivity (Wildman–Crippen MR) is 66.2 cm³/mol. The first-order valence-corrected chi connectivity index (χ1v) is 6.47. The van der Waals surface area contributed by atoms with Gasteiger partial charge in [-0.15, -0.1) is 0 Å². The molecule has 0 aliphatic heterocycles. The molecule has 0 radical (unpaired) electrons. The molecule has 90 valence electrons. The molecule has 1 heterocycles. The lowest BCUT2D eigenvalue weighted by atomic mass is 10.0. The Kier molecular flexibility index (Phi) is 3.99. The maximum atomic E-state index is 4.20. The molecule has 0 aromatic carbocycles. The molecule has 1 unspecified atom stereocenters. The highest BCUT2D eigenvalue weighted by molar-refractivity contribution is 5.08. The summed E-state index contributed by atoms with van der Waals surface area (Å²) in [5.41, 5.74) is 1.29. The Labute approximate surface area is 98.2 Å². The maximum Gasteiger partial charge on any atom is 0.0537 e. The Bertz CT molecular complexity index is 313. The molecule has 1 fully saturated rings. The minimum absolute atomic E-state index is 0.426. The van der Waals surface area contributed by atoms with E-state index in [4.69, 9.17) is 0 Å². The summed E-state index contributed by atoms with van der Waals surface area (Å²) in [6.07, 6.45) is 11.2. The molecule has 1 aliphatic carbocycles. The third-order valence-corrected chi connectivity index (χ3v) is 3.70. The number of nitrogens with zero attached hydrogens (tertiary/aromatic N) is 2. The van der Waals surface area contributed by atoms with Crippen molar-refractivity contribution < 1.29 is 0 Å². The molecule has 16 heavy (non-hydrogen) atoms. The Morgan fingerprint density at radius 2 is 2.25 bits per heavy atom. The van der Waals surface area contributed by atoms with E-state index in [9.17, 15) is 0 Å². The zero-order valence-corrected chi connectivity index (χ0v) is 10.4. The van der Waals surface area contributed by atoms with Crippen molar-refractivity contribution in [1.29, 1.82) is 0 Å². The van der Waals surface area contributed by atoms with Crippen molar-refractivity contribution in [2.45, 2.75) is 45.1 Å². The Morgan fingerprint density at radius 1 is 1.50 bits per heavy atom. The second-order valence-electron chi connectivity index (χ2n) is 5.06. The summed E-state index contributed by atoms with van der Waals surface area (Å²) in [5.74, 6) is 0.980. The summed E-state index contributed by atoms with van der Waals surface area (Å²) >= 11 is 0. The fraction of sp³-hybridized carbons (Fsp3) is 0.769. The number of hydrogen-bond donors (Lipinski definition) is 1. The molecular formula is C13H23N3. The van der Waals surface area contributed by atoms with Gasteiger partial charge in [0.05, 0.1) is 6.20 Å². The molecule has 0 saturated heterocycles. The average Bonchev–Trinajstić information content (AvgIpc) is 2.89. The molecule has 0 bridgehead atoms. The van der Waals surface area contributed by atoms with Gasteiger partial charge in [0.2, 0.25) is 0 Å². The van der Waals surface area contributed by atoms with E-state index in [0.29, 0.717) is 6.04 Å². The van der Waals surface area contributed by atoms with Crippen LogP contribution in [0.4, 0.5) is 0 Å². The molecule has 0 spiro atoms. The SMILES string of the molecule is CC(NCCC1CCCC1)c1cnn(C)c1. The zero-order valence-electron chi connectivity index (χ0n) is 10.4. The number of aromatic nitrogens is 2. The first-order chi connectivity index (χ1) is 7.75. The maximum absolute atomic E-state index is 4.20. The monoisotopic (exact) mass is 221 g/mol. The first kappa shape index (κ1) is 11.6. The normalized spacial score (nSPS) is 19.1. The molecule has 1 saturated carbocycles. The second-order valence-corrected chi connectivity index (χ2v) is 5.06. The Morgan fingerprint density at radius 3 is 2.88 bits per heavy atom. The molecule has 0 amide bonds. The smallest absolute Gasteiger partial charge is 0.0537 e. The van der Waals surface area contributed by atoms with E-state index < -0.39 is 0 Å². The van der Waals surface area contributed by atoms with Gasteiger partial charge in [-0.2, -0.15) is 5.10 Å². The lowest BCUT2D eigenvalue weighted by Crippen LogP contribution is -2.21. The van der Waals surface area contributed by atoms with E-state index in [1.165, 1.54) is 37.7 Å². The molecule has 1 aromatic rings. The summed E-state index contributed by atoms with van der Waals surface area (Å²) in [5, 5.41) is 7.79. The van der Waals surface area contributed by atoms with Gasteiger partial charge in [-0.3, -0.25) is 4.68 Å². The van der Waals surface area contributed by atoms with E-state index in [0.717, 1.165) is 12.5 Å². The van der Waals surface area contributed by atoms with Gasteiger partial charge in [-0.1, -0.05) is 25.7 Å². The van der Waals surface area contributed by atoms with E-state index in [2.05, 4.69) is 23.5 Å². The van der Waals surface area contributed by atoms with Crippen LogP contribution < -0.4 is 5.32 Å². The van der Waals surface area contributed by atoms with Crippen molar-refractivity contribution in [3.05, 3.63) is 18.0 Å². The van der Waals surface area contributed by atoms with Crippen LogP contribution in [0.25, 0.3) is 0 Å². The highest BCUT2D eigenvalue weighted by Gasteiger charge is 2.15. The topological polar surface area (TPSA) is 29.9 Å². The van der Waals surface area contributed by atoms with Gasteiger partial charge in [0.25, 0.3) is 0 Å². The standard InChI is InChI=1S/C13H23N3/c1-11(13-9-15-16(2)10-13)14-8-7-12-5-3-4-6-12/h9-12,14H,3-8H2,1-2H3. The van der Waals surface area contributed by atoms with E-state index in [1.54, 1.807) is 0 Å². The summed E-state index contributed by atoms with van der Waals surface area (Å²) < 4.78 is 1.87. The van der Waals surface area contributed by atoms with Crippen LogP contribution >= 0.6 is 0 Å². The first-order valence-electron chi connectivity index (χ1n) is 6.47. The van der Waals surface area contributed by atoms with Crippen molar-refractivity contribution in [3.8, 4) is 0 Å². The molecule has 1 atom stereocenters. The van der Waals surface area contributed by atoms with Crippen LogP contribution in [0.5, 0.6) is 0 Å². The number of nitrogens with one attached hydrogen (secondary N) is 1. The highest BCUT2D eigenvalue weighted by atomic mass is 15.2. The van der Waals surface area contributed by atoms with E-state index in [-0.39, 0.29) is 0 Å². The van der Waals surface area contributed by atoms with Crippen molar-refractivity contribution in [2.24, 2.45) is 13.0 Å². The van der Waals surface area contributed by atoms with E-state index >= 15 is 0 Å². The predicted octanol–water partition coefficient (Wildman–Crippen LogP) is 2.65. The van der Waals surface area contributed by atoms with Gasteiger partial charge in [-0.25, -0.2) is 0 Å². The van der Waals surface area contributed by atoms with Crippen LogP contribution in [-0.4, -0.2) is 16.3 Å². The fourth-order valence-electron chi connectivity index (χ4n) is 2.58. The molecule has 2 rings (SSSR count). The van der Waals surface area contributed by atoms with Crippen LogP contribution in [0, 0.1) is 5.92 Å². The highest BCUT2D eigenvalue weighted by Crippen LogP contribution is 2.27. The molecule has 1 aliphatic rings. The molecule has 3 nitrogen and oxygen atoms in total. The zero-order chi connectivity index (χ0) is 11.4. The Hall–Kier alpha value is -0.830. The largest absolute Gasteiger partial charge is 0.310 e. The van der Waals surface area contributed by atoms with Crippen molar-refractivity contribution in [1.82, 2.24) is 15.1 Å². The number of aryl methyl sites for hydroxylation is 1. The van der Waals surface area contributed by atoms with Gasteiger partial charge in [0.15, 0.2) is 0 Å². The van der Waals surface area contributed by atoms with Crippen LogP contribution in [0.1, 0.15) is 50.6 Å². The summed E-state index contributed by atoms with van der Waals surface area (Å²) in [6.45, 7) is 3.35. The quantitative estimate of drug-likeness (QED) is 0.828. The molecule has 1 N–H and O–H groups in total.